The summed E-state index contributed by atoms with van der Waals surface area (Å²) in [6, 6.07) is 0. The van der Waals surface area contributed by atoms with Gasteiger partial charge in [-0.25, -0.2) is 18.1 Å². The molecule has 17 heavy (non-hydrogen) atoms. The second kappa shape index (κ2) is 6.16. The maximum absolute atomic E-state index is 11.9. The van der Waals surface area contributed by atoms with Crippen molar-refractivity contribution in [3.63, 3.8) is 0 Å². The Labute approximate surface area is 103 Å². The third-order valence-electron chi connectivity index (χ3n) is 2.95. The maximum atomic E-state index is 11.9. The summed E-state index contributed by atoms with van der Waals surface area (Å²) in [4.78, 5) is 6.79. The third-order valence-corrected chi connectivity index (χ3v) is 4.28. The van der Waals surface area contributed by atoms with Crippen LogP contribution in [-0.4, -0.2) is 24.9 Å². The second-order valence-corrected chi connectivity index (χ2v) is 5.82. The molecule has 0 aliphatic carbocycles. The van der Waals surface area contributed by atoms with Crippen LogP contribution in [0, 0.1) is 5.92 Å². The van der Waals surface area contributed by atoms with E-state index >= 15 is 0 Å². The normalized spacial score (nSPS) is 12.2. The lowest BCUT2D eigenvalue weighted by atomic mass is 10.0. The van der Waals surface area contributed by atoms with Crippen LogP contribution in [0.3, 0.4) is 0 Å². The molecule has 6 heteroatoms. The van der Waals surface area contributed by atoms with Crippen LogP contribution in [0.25, 0.3) is 0 Å². The van der Waals surface area contributed by atoms with Crippen molar-refractivity contribution in [3.8, 4) is 0 Å². The molecule has 0 radical (unpaired) electrons. The lowest BCUT2D eigenvalue weighted by Gasteiger charge is -2.12. The van der Waals surface area contributed by atoms with Gasteiger partial charge in [-0.05, 0) is 5.92 Å². The first kappa shape index (κ1) is 14.2. The van der Waals surface area contributed by atoms with Crippen molar-refractivity contribution in [3.05, 3.63) is 12.0 Å². The van der Waals surface area contributed by atoms with Gasteiger partial charge in [0.05, 0.1) is 6.20 Å². The minimum Gasteiger partial charge on any atom is -0.332 e. The van der Waals surface area contributed by atoms with Gasteiger partial charge in [-0.15, -0.1) is 0 Å². The van der Waals surface area contributed by atoms with Crippen LogP contribution in [-0.2, 0) is 16.4 Å². The van der Waals surface area contributed by atoms with Crippen molar-refractivity contribution >= 4 is 10.0 Å². The van der Waals surface area contributed by atoms with E-state index in [0.717, 1.165) is 12.8 Å². The van der Waals surface area contributed by atoms with Crippen LogP contribution in [0.5, 0.6) is 0 Å². The molecule has 1 rings (SSSR count). The predicted octanol–water partition coefficient (Wildman–Crippen LogP) is 1.69. The van der Waals surface area contributed by atoms with Crippen LogP contribution < -0.4 is 4.72 Å². The highest BCUT2D eigenvalue weighted by Gasteiger charge is 2.17. The molecule has 1 heterocycles. The first-order valence-electron chi connectivity index (χ1n) is 6.07. The Kier molecular flexibility index (Phi) is 5.14. The summed E-state index contributed by atoms with van der Waals surface area (Å²) in [5.41, 5.74) is 0. The third kappa shape index (κ3) is 3.81. The monoisotopic (exact) mass is 259 g/mol. The van der Waals surface area contributed by atoms with Gasteiger partial charge in [0, 0.05) is 13.0 Å². The van der Waals surface area contributed by atoms with Crippen LogP contribution in [0.2, 0.25) is 0 Å². The van der Waals surface area contributed by atoms with Crippen LogP contribution in [0.15, 0.2) is 11.2 Å². The Morgan fingerprint density at radius 3 is 2.47 bits per heavy atom. The summed E-state index contributed by atoms with van der Waals surface area (Å²) >= 11 is 0. The van der Waals surface area contributed by atoms with E-state index in [1.165, 1.54) is 6.20 Å². The van der Waals surface area contributed by atoms with Gasteiger partial charge in [0.15, 0.2) is 5.03 Å². The largest absolute Gasteiger partial charge is 0.332 e. The molecule has 0 fully saturated rings. The van der Waals surface area contributed by atoms with Crippen molar-refractivity contribution in [2.45, 2.75) is 45.1 Å². The van der Waals surface area contributed by atoms with Gasteiger partial charge in [0.1, 0.15) is 5.82 Å². The molecule has 5 nitrogen and oxygen atoms in total. The number of sulfonamides is 1. The number of aromatic nitrogens is 2. The molecule has 0 aliphatic heterocycles. The Balaban J connectivity index is 2.68. The predicted molar refractivity (Wildman–Crippen MR) is 67.2 cm³/mol. The van der Waals surface area contributed by atoms with Gasteiger partial charge in [-0.3, -0.25) is 0 Å². The van der Waals surface area contributed by atoms with E-state index in [1.807, 2.05) is 6.92 Å². The molecule has 0 saturated carbocycles. The summed E-state index contributed by atoms with van der Waals surface area (Å²) in [7, 11) is -3.43. The molecule has 2 N–H and O–H groups in total. The second-order valence-electron chi connectivity index (χ2n) is 4.08. The fourth-order valence-corrected chi connectivity index (χ4v) is 2.60. The number of H-pyrrole nitrogens is 1. The van der Waals surface area contributed by atoms with Gasteiger partial charge < -0.3 is 4.98 Å². The van der Waals surface area contributed by atoms with E-state index in [9.17, 15) is 8.42 Å². The van der Waals surface area contributed by atoms with E-state index in [0.29, 0.717) is 24.7 Å². The maximum Gasteiger partial charge on any atom is 0.257 e. The van der Waals surface area contributed by atoms with Gasteiger partial charge >= 0.3 is 0 Å². The van der Waals surface area contributed by atoms with Crippen molar-refractivity contribution in [1.82, 2.24) is 14.7 Å². The van der Waals surface area contributed by atoms with Crippen molar-refractivity contribution in [2.24, 2.45) is 5.92 Å². The summed E-state index contributed by atoms with van der Waals surface area (Å²) in [5, 5.41) is 0.153. The number of aryl methyl sites for hydroxylation is 1. The number of rotatable bonds is 7. The van der Waals surface area contributed by atoms with E-state index in [1.54, 1.807) is 0 Å². The zero-order chi connectivity index (χ0) is 12.9. The standard InChI is InChI=1S/C11H21N3O2S/c1-4-9(5-2)7-13-17(15,16)11-8-12-10(6-3)14-11/h8-9,13H,4-7H2,1-3H3,(H,12,14). The SMILES string of the molecule is CCc1ncc(S(=O)(=O)NCC(CC)CC)[nH]1. The van der Waals surface area contributed by atoms with Gasteiger partial charge in [-0.2, -0.15) is 0 Å². The van der Waals surface area contributed by atoms with Crippen molar-refractivity contribution < 1.29 is 8.42 Å². The molecule has 0 unspecified atom stereocenters. The summed E-state index contributed by atoms with van der Waals surface area (Å²) < 4.78 is 26.4. The Hall–Kier alpha value is -0.880. The first-order chi connectivity index (χ1) is 8.03. The molecule has 0 spiro atoms. The number of aromatic amines is 1. The average Bonchev–Trinajstić information content (AvgIpc) is 2.79. The van der Waals surface area contributed by atoms with E-state index in [2.05, 4.69) is 28.5 Å². The molecule has 0 amide bonds. The fraction of sp³-hybridized carbons (Fsp3) is 0.727. The Morgan fingerprint density at radius 1 is 1.35 bits per heavy atom. The number of nitrogens with zero attached hydrogens (tertiary/aromatic N) is 1. The molecule has 0 atom stereocenters. The minimum absolute atomic E-state index is 0.153. The van der Waals surface area contributed by atoms with Crippen LogP contribution in [0.4, 0.5) is 0 Å². The van der Waals surface area contributed by atoms with Crippen molar-refractivity contribution in [2.75, 3.05) is 6.54 Å². The van der Waals surface area contributed by atoms with E-state index in [4.69, 9.17) is 0 Å². The van der Waals surface area contributed by atoms with Crippen LogP contribution in [0.1, 0.15) is 39.4 Å². The minimum atomic E-state index is -3.43. The van der Waals surface area contributed by atoms with Crippen molar-refractivity contribution in [1.29, 1.82) is 0 Å². The summed E-state index contributed by atoms with van der Waals surface area (Å²) in [5.74, 6) is 1.08. The lowest BCUT2D eigenvalue weighted by Crippen LogP contribution is -2.29. The number of nitrogens with one attached hydrogen (secondary N) is 2. The number of hydrogen-bond donors (Lipinski definition) is 2. The quantitative estimate of drug-likeness (QED) is 0.782. The fourth-order valence-electron chi connectivity index (χ4n) is 1.54. The van der Waals surface area contributed by atoms with E-state index in [-0.39, 0.29) is 5.03 Å². The van der Waals surface area contributed by atoms with Crippen LogP contribution >= 0.6 is 0 Å². The molecule has 1 aromatic heterocycles. The topological polar surface area (TPSA) is 74.8 Å². The first-order valence-corrected chi connectivity index (χ1v) is 7.55. The number of imidazole rings is 1. The van der Waals surface area contributed by atoms with Gasteiger partial charge in [0.2, 0.25) is 0 Å². The number of hydrogen-bond acceptors (Lipinski definition) is 3. The molecule has 0 aliphatic rings. The zero-order valence-corrected chi connectivity index (χ0v) is 11.5. The molecule has 0 bridgehead atoms. The molecule has 0 saturated heterocycles. The zero-order valence-electron chi connectivity index (χ0n) is 10.7. The molecule has 1 aromatic rings. The highest BCUT2D eigenvalue weighted by Crippen LogP contribution is 2.09. The molecule has 0 aromatic carbocycles. The summed E-state index contributed by atoms with van der Waals surface area (Å²) in [6.45, 7) is 6.53. The van der Waals surface area contributed by atoms with Gasteiger partial charge in [0.25, 0.3) is 10.0 Å². The smallest absolute Gasteiger partial charge is 0.257 e. The van der Waals surface area contributed by atoms with Gasteiger partial charge in [-0.1, -0.05) is 33.6 Å². The highest BCUT2D eigenvalue weighted by molar-refractivity contribution is 7.89. The molecule has 98 valence electrons. The molecular weight excluding hydrogens is 238 g/mol. The highest BCUT2D eigenvalue weighted by atomic mass is 32.2. The Morgan fingerprint density at radius 2 is 2.00 bits per heavy atom. The molecular formula is C11H21N3O2S. The Bertz CT molecular complexity index is 435. The lowest BCUT2D eigenvalue weighted by molar-refractivity contribution is 0.478. The average molecular weight is 259 g/mol. The summed E-state index contributed by atoms with van der Waals surface area (Å²) in [6.07, 6.45) is 4.01. The van der Waals surface area contributed by atoms with E-state index < -0.39 is 10.0 Å².